The van der Waals surface area contributed by atoms with Crippen LogP contribution in [-0.4, -0.2) is 41.8 Å². The lowest BCUT2D eigenvalue weighted by Crippen LogP contribution is -2.43. The fourth-order valence-corrected chi connectivity index (χ4v) is 1.45. The monoisotopic (exact) mass is 273 g/mol. The number of carboxylic acids is 1. The molecule has 0 aliphatic rings. The lowest BCUT2D eigenvalue weighted by molar-refractivity contribution is -0.140. The highest BCUT2D eigenvalue weighted by Gasteiger charge is 2.21. The number of benzene rings is 1. The van der Waals surface area contributed by atoms with E-state index in [1.165, 1.54) is 25.3 Å². The van der Waals surface area contributed by atoms with Crippen LogP contribution in [0.5, 0.6) is 5.75 Å². The molecule has 7 heteroatoms. The van der Waals surface area contributed by atoms with Crippen molar-refractivity contribution in [3.8, 4) is 5.75 Å². The summed E-state index contributed by atoms with van der Waals surface area (Å²) < 4.78 is 4.97. The van der Waals surface area contributed by atoms with E-state index in [2.05, 4.69) is 5.32 Å². The fourth-order valence-electron chi connectivity index (χ4n) is 1.28. The minimum Gasteiger partial charge on any atom is -0.496 e. The van der Waals surface area contributed by atoms with Crippen molar-refractivity contribution in [2.45, 2.75) is 6.04 Å². The quantitative estimate of drug-likeness (QED) is 0.727. The molecular formula is C11H12ClNO5. The highest BCUT2D eigenvalue weighted by atomic mass is 35.5. The van der Waals surface area contributed by atoms with Crippen LogP contribution in [0.1, 0.15) is 10.4 Å². The zero-order valence-electron chi connectivity index (χ0n) is 9.51. The largest absolute Gasteiger partial charge is 0.496 e. The van der Waals surface area contributed by atoms with E-state index in [0.717, 1.165) is 0 Å². The Kier molecular flexibility index (Phi) is 4.94. The van der Waals surface area contributed by atoms with E-state index in [4.69, 9.17) is 26.6 Å². The van der Waals surface area contributed by atoms with Gasteiger partial charge in [0.1, 0.15) is 5.75 Å². The van der Waals surface area contributed by atoms with Gasteiger partial charge in [0.05, 0.1) is 19.3 Å². The average molecular weight is 274 g/mol. The molecule has 0 aliphatic carbocycles. The summed E-state index contributed by atoms with van der Waals surface area (Å²) in [6.45, 7) is -0.704. The average Bonchev–Trinajstić information content (AvgIpc) is 2.35. The van der Waals surface area contributed by atoms with E-state index in [1.807, 2.05) is 0 Å². The number of methoxy groups -OCH3 is 1. The summed E-state index contributed by atoms with van der Waals surface area (Å²) in [6.07, 6.45) is 0. The normalized spacial score (nSPS) is 11.7. The SMILES string of the molecule is COc1ccc(Cl)cc1C(=O)N[C@H](CO)C(=O)O. The molecular weight excluding hydrogens is 262 g/mol. The van der Waals surface area contributed by atoms with Crippen LogP contribution in [-0.2, 0) is 4.79 Å². The molecule has 0 radical (unpaired) electrons. The molecule has 18 heavy (non-hydrogen) atoms. The Balaban J connectivity index is 2.96. The number of carbonyl (C=O) groups is 2. The first-order chi connectivity index (χ1) is 8.49. The van der Waals surface area contributed by atoms with Gasteiger partial charge in [-0.25, -0.2) is 4.79 Å². The van der Waals surface area contributed by atoms with Gasteiger partial charge in [0.2, 0.25) is 0 Å². The van der Waals surface area contributed by atoms with Crippen LogP contribution >= 0.6 is 11.6 Å². The second-order valence-corrected chi connectivity index (χ2v) is 3.83. The van der Waals surface area contributed by atoms with Crippen molar-refractivity contribution < 1.29 is 24.5 Å². The van der Waals surface area contributed by atoms with E-state index in [9.17, 15) is 9.59 Å². The number of halogens is 1. The molecule has 0 saturated heterocycles. The third kappa shape index (κ3) is 3.35. The zero-order chi connectivity index (χ0) is 13.7. The van der Waals surface area contributed by atoms with E-state index < -0.39 is 24.5 Å². The molecule has 0 aromatic heterocycles. The molecule has 0 aliphatic heterocycles. The number of aliphatic hydroxyl groups is 1. The van der Waals surface area contributed by atoms with Crippen LogP contribution in [0, 0.1) is 0 Å². The Labute approximate surface area is 108 Å². The van der Waals surface area contributed by atoms with Gasteiger partial charge < -0.3 is 20.3 Å². The second kappa shape index (κ2) is 6.23. The van der Waals surface area contributed by atoms with Crippen LogP contribution in [0.2, 0.25) is 5.02 Å². The summed E-state index contributed by atoms with van der Waals surface area (Å²) in [4.78, 5) is 22.5. The predicted octanol–water partition coefficient (Wildman–Crippen LogP) is 0.524. The Morgan fingerprint density at radius 3 is 2.67 bits per heavy atom. The van der Waals surface area contributed by atoms with Crippen LogP contribution < -0.4 is 10.1 Å². The van der Waals surface area contributed by atoms with Crippen LogP contribution in [0.4, 0.5) is 0 Å². The molecule has 1 aromatic carbocycles. The Morgan fingerprint density at radius 1 is 1.50 bits per heavy atom. The second-order valence-electron chi connectivity index (χ2n) is 3.39. The first-order valence-corrected chi connectivity index (χ1v) is 5.35. The van der Waals surface area contributed by atoms with Crippen molar-refractivity contribution in [1.29, 1.82) is 0 Å². The Morgan fingerprint density at radius 2 is 2.17 bits per heavy atom. The summed E-state index contributed by atoms with van der Waals surface area (Å²) >= 11 is 5.75. The first-order valence-electron chi connectivity index (χ1n) is 4.97. The van der Waals surface area contributed by atoms with Gasteiger partial charge >= 0.3 is 5.97 Å². The molecule has 1 atom stereocenters. The van der Waals surface area contributed by atoms with Crippen LogP contribution in [0.15, 0.2) is 18.2 Å². The molecule has 1 aromatic rings. The molecule has 1 rings (SSSR count). The van der Waals surface area contributed by atoms with E-state index in [-0.39, 0.29) is 11.3 Å². The summed E-state index contributed by atoms with van der Waals surface area (Å²) in [7, 11) is 1.38. The lowest BCUT2D eigenvalue weighted by atomic mass is 10.1. The minimum atomic E-state index is -1.37. The molecule has 0 unspecified atom stereocenters. The van der Waals surface area contributed by atoms with Gasteiger partial charge in [-0.1, -0.05) is 11.6 Å². The van der Waals surface area contributed by atoms with E-state index in [1.54, 1.807) is 0 Å². The summed E-state index contributed by atoms with van der Waals surface area (Å²) in [6, 6.07) is 3.01. The third-order valence-electron chi connectivity index (χ3n) is 2.19. The zero-order valence-corrected chi connectivity index (χ0v) is 10.3. The van der Waals surface area contributed by atoms with E-state index in [0.29, 0.717) is 5.02 Å². The van der Waals surface area contributed by atoms with Gasteiger partial charge in [0.15, 0.2) is 6.04 Å². The van der Waals surface area contributed by atoms with Crippen molar-refractivity contribution in [2.24, 2.45) is 0 Å². The summed E-state index contributed by atoms with van der Waals surface area (Å²) in [5.41, 5.74) is 0.102. The Bertz CT molecular complexity index is 463. The lowest BCUT2D eigenvalue weighted by Gasteiger charge is -2.13. The van der Waals surface area contributed by atoms with Crippen LogP contribution in [0.3, 0.4) is 0 Å². The number of rotatable bonds is 5. The van der Waals surface area contributed by atoms with Gasteiger partial charge in [0, 0.05) is 5.02 Å². The van der Waals surface area contributed by atoms with Gasteiger partial charge in [0.25, 0.3) is 5.91 Å². The first kappa shape index (κ1) is 14.3. The number of hydrogen-bond donors (Lipinski definition) is 3. The number of amides is 1. The van der Waals surface area contributed by atoms with Crippen molar-refractivity contribution in [2.75, 3.05) is 13.7 Å². The number of aliphatic carboxylic acids is 1. The molecule has 6 nitrogen and oxygen atoms in total. The highest BCUT2D eigenvalue weighted by Crippen LogP contribution is 2.22. The summed E-state index contributed by atoms with van der Waals surface area (Å²) in [5.74, 6) is -1.75. The maximum atomic E-state index is 11.8. The predicted molar refractivity (Wildman–Crippen MR) is 64.0 cm³/mol. The van der Waals surface area contributed by atoms with Gasteiger partial charge in [-0.3, -0.25) is 4.79 Å². The number of carboxylic acid groups (broad SMARTS) is 1. The topological polar surface area (TPSA) is 95.9 Å². The van der Waals surface area contributed by atoms with Gasteiger partial charge in [-0.05, 0) is 18.2 Å². The van der Waals surface area contributed by atoms with Crippen molar-refractivity contribution in [3.63, 3.8) is 0 Å². The maximum absolute atomic E-state index is 11.8. The molecule has 0 heterocycles. The van der Waals surface area contributed by atoms with Crippen molar-refractivity contribution in [1.82, 2.24) is 5.32 Å². The molecule has 98 valence electrons. The van der Waals surface area contributed by atoms with Gasteiger partial charge in [-0.2, -0.15) is 0 Å². The number of nitrogens with one attached hydrogen (secondary N) is 1. The molecule has 0 saturated carbocycles. The molecule has 0 bridgehead atoms. The number of ether oxygens (including phenoxy) is 1. The van der Waals surface area contributed by atoms with Crippen LogP contribution in [0.25, 0.3) is 0 Å². The Hall–Kier alpha value is -1.79. The number of hydrogen-bond acceptors (Lipinski definition) is 4. The molecule has 1 amide bonds. The third-order valence-corrected chi connectivity index (χ3v) is 2.43. The standard InChI is InChI=1S/C11H12ClNO5/c1-18-9-3-2-6(12)4-7(9)10(15)13-8(5-14)11(16)17/h2-4,8,14H,5H2,1H3,(H,13,15)(H,16,17)/t8-/m1/s1. The smallest absolute Gasteiger partial charge is 0.328 e. The number of aliphatic hydroxyl groups excluding tert-OH is 1. The van der Waals surface area contributed by atoms with Gasteiger partial charge in [-0.15, -0.1) is 0 Å². The van der Waals surface area contributed by atoms with E-state index >= 15 is 0 Å². The van der Waals surface area contributed by atoms with Crippen molar-refractivity contribution >= 4 is 23.5 Å². The molecule has 3 N–H and O–H groups in total. The minimum absolute atomic E-state index is 0.102. The maximum Gasteiger partial charge on any atom is 0.328 e. The molecule has 0 fully saturated rings. The number of carbonyl (C=O) groups excluding carboxylic acids is 1. The highest BCUT2D eigenvalue weighted by molar-refractivity contribution is 6.31. The summed E-state index contributed by atoms with van der Waals surface area (Å²) in [5, 5.41) is 20.0. The van der Waals surface area contributed by atoms with Crippen molar-refractivity contribution in [3.05, 3.63) is 28.8 Å². The molecule has 0 spiro atoms. The fraction of sp³-hybridized carbons (Fsp3) is 0.273.